The zero-order valence-electron chi connectivity index (χ0n) is 13.9. The lowest BCUT2D eigenvalue weighted by Crippen LogP contribution is -2.42. The summed E-state index contributed by atoms with van der Waals surface area (Å²) in [4.78, 5) is 5.97. The normalized spacial score (nSPS) is 16.1. The molecule has 2 aromatic rings. The lowest BCUT2D eigenvalue weighted by Gasteiger charge is -2.33. The van der Waals surface area contributed by atoms with Gasteiger partial charge in [-0.3, -0.25) is 0 Å². The van der Waals surface area contributed by atoms with Crippen LogP contribution in [0.4, 0.5) is 19.0 Å². The molecular formula is C18H18Cl2F3N3. The summed E-state index contributed by atoms with van der Waals surface area (Å²) in [6.07, 6.45) is -1.72. The molecule has 0 aliphatic carbocycles. The maximum atomic E-state index is 12.6. The van der Waals surface area contributed by atoms with E-state index in [4.69, 9.17) is 23.2 Å². The average molecular weight is 404 g/mol. The van der Waals surface area contributed by atoms with Gasteiger partial charge in [-0.25, -0.2) is 4.98 Å². The molecule has 1 aliphatic rings. The molecule has 1 aliphatic heterocycles. The first kappa shape index (κ1) is 19.3. The van der Waals surface area contributed by atoms with E-state index in [0.717, 1.165) is 43.8 Å². The summed E-state index contributed by atoms with van der Waals surface area (Å²) in [7, 11) is 0. The summed E-state index contributed by atoms with van der Waals surface area (Å²) in [6, 6.07) is 8.38. The van der Waals surface area contributed by atoms with E-state index in [1.165, 1.54) is 6.07 Å². The molecule has 26 heavy (non-hydrogen) atoms. The zero-order valence-corrected chi connectivity index (χ0v) is 15.4. The average Bonchev–Trinajstić information content (AvgIpc) is 2.63. The van der Waals surface area contributed by atoms with Crippen LogP contribution in [0.3, 0.4) is 0 Å². The summed E-state index contributed by atoms with van der Waals surface area (Å²) < 4.78 is 37.8. The van der Waals surface area contributed by atoms with Gasteiger partial charge in [-0.1, -0.05) is 35.3 Å². The number of hydrogen-bond acceptors (Lipinski definition) is 3. The first-order valence-corrected chi connectivity index (χ1v) is 9.04. The zero-order chi connectivity index (χ0) is 18.7. The summed E-state index contributed by atoms with van der Waals surface area (Å²) in [5.41, 5.74) is 0.224. The number of piperidine rings is 1. The van der Waals surface area contributed by atoms with Crippen LogP contribution in [-0.2, 0) is 12.7 Å². The Morgan fingerprint density at radius 3 is 2.46 bits per heavy atom. The Labute approximate surface area is 160 Å². The molecular weight excluding hydrogens is 386 g/mol. The number of nitrogens with one attached hydrogen (secondary N) is 1. The Hall–Kier alpha value is -1.50. The van der Waals surface area contributed by atoms with Gasteiger partial charge in [0.2, 0.25) is 0 Å². The van der Waals surface area contributed by atoms with Crippen LogP contribution in [0.25, 0.3) is 0 Å². The van der Waals surface area contributed by atoms with Crippen molar-refractivity contribution in [2.45, 2.75) is 31.6 Å². The molecule has 0 saturated carbocycles. The molecule has 0 spiro atoms. The standard InChI is InChI=1S/C18H18Cl2F3N3/c19-15-3-1-2-12(17(15)20)10-24-14-6-8-26(9-7-14)16-5-4-13(11-25-16)18(21,22)23/h1-5,11,14,24H,6-10H2. The fraction of sp³-hybridized carbons (Fsp3) is 0.389. The molecule has 1 N–H and O–H groups in total. The van der Waals surface area contributed by atoms with Crippen molar-refractivity contribution in [3.63, 3.8) is 0 Å². The third-order valence-corrected chi connectivity index (χ3v) is 5.36. The number of anilines is 1. The van der Waals surface area contributed by atoms with Gasteiger partial charge in [0, 0.05) is 31.9 Å². The van der Waals surface area contributed by atoms with E-state index < -0.39 is 11.7 Å². The number of rotatable bonds is 4. The monoisotopic (exact) mass is 403 g/mol. The highest BCUT2D eigenvalue weighted by Gasteiger charge is 2.31. The lowest BCUT2D eigenvalue weighted by molar-refractivity contribution is -0.137. The number of alkyl halides is 3. The van der Waals surface area contributed by atoms with Crippen LogP contribution in [-0.4, -0.2) is 24.1 Å². The van der Waals surface area contributed by atoms with Gasteiger partial charge >= 0.3 is 6.18 Å². The van der Waals surface area contributed by atoms with Crippen LogP contribution in [0.5, 0.6) is 0 Å². The Balaban J connectivity index is 1.52. The van der Waals surface area contributed by atoms with Gasteiger partial charge in [0.15, 0.2) is 0 Å². The first-order chi connectivity index (χ1) is 12.3. The maximum Gasteiger partial charge on any atom is 0.417 e. The molecule has 0 radical (unpaired) electrons. The van der Waals surface area contributed by atoms with Crippen LogP contribution in [0.15, 0.2) is 36.5 Å². The number of benzene rings is 1. The minimum atomic E-state index is -4.36. The van der Waals surface area contributed by atoms with E-state index in [1.807, 2.05) is 17.0 Å². The third kappa shape index (κ3) is 4.61. The molecule has 0 amide bonds. The van der Waals surface area contributed by atoms with Crippen molar-refractivity contribution in [3.05, 3.63) is 57.7 Å². The van der Waals surface area contributed by atoms with Gasteiger partial charge in [0.05, 0.1) is 15.6 Å². The van der Waals surface area contributed by atoms with Crippen molar-refractivity contribution >= 4 is 29.0 Å². The molecule has 0 atom stereocenters. The van der Waals surface area contributed by atoms with E-state index in [0.29, 0.717) is 28.4 Å². The molecule has 1 aromatic carbocycles. The maximum absolute atomic E-state index is 12.6. The van der Waals surface area contributed by atoms with Crippen molar-refractivity contribution in [1.29, 1.82) is 0 Å². The van der Waals surface area contributed by atoms with Crippen molar-refractivity contribution in [2.24, 2.45) is 0 Å². The molecule has 1 saturated heterocycles. The highest BCUT2D eigenvalue weighted by Crippen LogP contribution is 2.30. The van der Waals surface area contributed by atoms with E-state index in [9.17, 15) is 13.2 Å². The second-order valence-corrected chi connectivity index (χ2v) is 7.04. The summed E-state index contributed by atoms with van der Waals surface area (Å²) in [5, 5.41) is 4.57. The number of aromatic nitrogens is 1. The molecule has 3 nitrogen and oxygen atoms in total. The fourth-order valence-corrected chi connectivity index (χ4v) is 3.38. The summed E-state index contributed by atoms with van der Waals surface area (Å²) >= 11 is 12.2. The SMILES string of the molecule is FC(F)(F)c1ccc(N2CCC(NCc3cccc(Cl)c3Cl)CC2)nc1. The minimum absolute atomic E-state index is 0.316. The quantitative estimate of drug-likeness (QED) is 0.763. The second-order valence-electron chi connectivity index (χ2n) is 6.26. The van der Waals surface area contributed by atoms with Gasteiger partial charge < -0.3 is 10.2 Å². The van der Waals surface area contributed by atoms with Crippen molar-refractivity contribution < 1.29 is 13.2 Å². The molecule has 8 heteroatoms. The molecule has 140 valence electrons. The molecule has 0 unspecified atom stereocenters. The van der Waals surface area contributed by atoms with Gasteiger partial charge in [0.25, 0.3) is 0 Å². The Morgan fingerprint density at radius 2 is 1.85 bits per heavy atom. The van der Waals surface area contributed by atoms with Crippen LogP contribution < -0.4 is 10.2 Å². The molecule has 1 aromatic heterocycles. The van der Waals surface area contributed by atoms with E-state index in [2.05, 4.69) is 10.3 Å². The van der Waals surface area contributed by atoms with Crippen molar-refractivity contribution in [1.82, 2.24) is 10.3 Å². The third-order valence-electron chi connectivity index (χ3n) is 4.51. The van der Waals surface area contributed by atoms with E-state index >= 15 is 0 Å². The lowest BCUT2D eigenvalue weighted by atomic mass is 10.0. The topological polar surface area (TPSA) is 28.2 Å². The predicted octanol–water partition coefficient (Wildman–Crippen LogP) is 5.17. The second kappa shape index (κ2) is 8.03. The number of halogens is 5. The smallest absolute Gasteiger partial charge is 0.357 e. The molecule has 0 bridgehead atoms. The fourth-order valence-electron chi connectivity index (χ4n) is 2.99. The largest absolute Gasteiger partial charge is 0.417 e. The van der Waals surface area contributed by atoms with Crippen LogP contribution in [0.2, 0.25) is 10.0 Å². The Kier molecular flexibility index (Phi) is 5.95. The van der Waals surface area contributed by atoms with E-state index in [1.54, 1.807) is 6.07 Å². The number of pyridine rings is 1. The molecule has 3 rings (SSSR count). The van der Waals surface area contributed by atoms with Gasteiger partial charge in [-0.15, -0.1) is 0 Å². The summed E-state index contributed by atoms with van der Waals surface area (Å²) in [5.74, 6) is 0.578. The van der Waals surface area contributed by atoms with Gasteiger partial charge in [-0.2, -0.15) is 13.2 Å². The molecule has 1 fully saturated rings. The van der Waals surface area contributed by atoms with Crippen molar-refractivity contribution in [2.75, 3.05) is 18.0 Å². The van der Waals surface area contributed by atoms with Crippen LogP contribution in [0, 0.1) is 0 Å². The van der Waals surface area contributed by atoms with E-state index in [-0.39, 0.29) is 0 Å². The Morgan fingerprint density at radius 1 is 1.12 bits per heavy atom. The highest BCUT2D eigenvalue weighted by molar-refractivity contribution is 6.42. The Bertz CT molecular complexity index is 742. The predicted molar refractivity (Wildman–Crippen MR) is 97.8 cm³/mol. The first-order valence-electron chi connectivity index (χ1n) is 8.29. The van der Waals surface area contributed by atoms with Crippen LogP contribution in [0.1, 0.15) is 24.0 Å². The van der Waals surface area contributed by atoms with Gasteiger partial charge in [-0.05, 0) is 36.6 Å². The number of nitrogens with zero attached hydrogens (tertiary/aromatic N) is 2. The minimum Gasteiger partial charge on any atom is -0.357 e. The highest BCUT2D eigenvalue weighted by atomic mass is 35.5. The summed E-state index contributed by atoms with van der Waals surface area (Å²) in [6.45, 7) is 2.10. The molecule has 2 heterocycles. The number of hydrogen-bond donors (Lipinski definition) is 1. The van der Waals surface area contributed by atoms with Crippen molar-refractivity contribution in [3.8, 4) is 0 Å². The van der Waals surface area contributed by atoms with Crippen LogP contribution >= 0.6 is 23.2 Å². The van der Waals surface area contributed by atoms with Gasteiger partial charge in [0.1, 0.15) is 5.82 Å².